The van der Waals surface area contributed by atoms with Crippen LogP contribution in [0.5, 0.6) is 17.2 Å². The Hall–Kier alpha value is -2.68. The molecule has 0 N–H and O–H groups in total. The van der Waals surface area contributed by atoms with Gasteiger partial charge < -0.3 is 19.1 Å². The van der Waals surface area contributed by atoms with Gasteiger partial charge in [0.15, 0.2) is 11.5 Å². The summed E-state index contributed by atoms with van der Waals surface area (Å²) in [5, 5.41) is -0.433. The number of hydrogen-bond donors (Lipinski definition) is 0. The number of nitrogens with zero attached hydrogens (tertiary/aromatic N) is 2. The predicted molar refractivity (Wildman–Crippen MR) is 107 cm³/mol. The standard InChI is InChI=1S/C20H22N2O6S/c1-26-14-8-13(9-15-18(14)28-12-27-15)10-16-19(24)22(20(25)29-16)11-17(23)21-6-4-2-3-5-7-21/h8-10H,2-7,11-12H2,1H3. The maximum absolute atomic E-state index is 12.8. The molecule has 3 heterocycles. The van der Waals surface area contributed by atoms with Crippen LogP contribution in [0.2, 0.25) is 0 Å². The number of carbonyl (C=O) groups is 3. The molecule has 154 valence electrons. The third-order valence-electron chi connectivity index (χ3n) is 5.10. The quantitative estimate of drug-likeness (QED) is 0.695. The molecule has 0 unspecified atom stereocenters. The van der Waals surface area contributed by atoms with Crippen LogP contribution >= 0.6 is 11.8 Å². The summed E-state index contributed by atoms with van der Waals surface area (Å²) in [5.41, 5.74) is 0.649. The highest BCUT2D eigenvalue weighted by atomic mass is 32.2. The Labute approximate surface area is 172 Å². The van der Waals surface area contributed by atoms with Gasteiger partial charge >= 0.3 is 0 Å². The predicted octanol–water partition coefficient (Wildman–Crippen LogP) is 2.86. The fraction of sp³-hybridized carbons (Fsp3) is 0.450. The maximum Gasteiger partial charge on any atom is 0.294 e. The first kappa shape index (κ1) is 19.6. The normalized spacial score (nSPS) is 20.4. The Morgan fingerprint density at radius 3 is 2.66 bits per heavy atom. The minimum absolute atomic E-state index is 0.101. The zero-order valence-corrected chi connectivity index (χ0v) is 17.0. The van der Waals surface area contributed by atoms with Gasteiger partial charge in [-0.15, -0.1) is 0 Å². The van der Waals surface area contributed by atoms with Gasteiger partial charge in [0.1, 0.15) is 6.54 Å². The SMILES string of the molecule is COc1cc(C=C2SC(=O)N(CC(=O)N3CCCCCC3)C2=O)cc2c1OCO2. The molecule has 8 nitrogen and oxygen atoms in total. The van der Waals surface area contributed by atoms with Crippen LogP contribution in [-0.4, -0.2) is 60.4 Å². The largest absolute Gasteiger partial charge is 0.493 e. The summed E-state index contributed by atoms with van der Waals surface area (Å²) in [4.78, 5) is 40.7. The average Bonchev–Trinajstić information content (AvgIpc) is 3.15. The molecule has 9 heteroatoms. The first-order valence-electron chi connectivity index (χ1n) is 9.57. The molecule has 2 fully saturated rings. The Morgan fingerprint density at radius 2 is 1.93 bits per heavy atom. The molecule has 0 radical (unpaired) electrons. The van der Waals surface area contributed by atoms with Crippen molar-refractivity contribution >= 4 is 34.9 Å². The number of likely N-dealkylation sites (tertiary alicyclic amines) is 1. The van der Waals surface area contributed by atoms with E-state index >= 15 is 0 Å². The maximum atomic E-state index is 12.8. The molecule has 0 spiro atoms. The van der Waals surface area contributed by atoms with Gasteiger partial charge in [0.25, 0.3) is 11.1 Å². The van der Waals surface area contributed by atoms with Crippen molar-refractivity contribution in [2.45, 2.75) is 25.7 Å². The van der Waals surface area contributed by atoms with Crippen LogP contribution in [0.25, 0.3) is 6.08 Å². The van der Waals surface area contributed by atoms with Crippen LogP contribution in [0.3, 0.4) is 0 Å². The Kier molecular flexibility index (Phi) is 5.66. The third kappa shape index (κ3) is 4.05. The number of thioether (sulfide) groups is 1. The lowest BCUT2D eigenvalue weighted by atomic mass is 10.1. The van der Waals surface area contributed by atoms with E-state index in [4.69, 9.17) is 14.2 Å². The van der Waals surface area contributed by atoms with E-state index in [9.17, 15) is 14.4 Å². The summed E-state index contributed by atoms with van der Waals surface area (Å²) in [6.07, 6.45) is 5.73. The highest BCUT2D eigenvalue weighted by Gasteiger charge is 2.37. The smallest absolute Gasteiger partial charge is 0.294 e. The van der Waals surface area contributed by atoms with Gasteiger partial charge in [-0.3, -0.25) is 19.3 Å². The Morgan fingerprint density at radius 1 is 1.17 bits per heavy atom. The van der Waals surface area contributed by atoms with Crippen molar-refractivity contribution in [2.75, 3.05) is 33.5 Å². The summed E-state index contributed by atoms with van der Waals surface area (Å²) in [7, 11) is 1.52. The molecule has 1 aromatic rings. The van der Waals surface area contributed by atoms with Crippen LogP contribution in [-0.2, 0) is 9.59 Å². The van der Waals surface area contributed by atoms with Crippen molar-refractivity contribution in [3.05, 3.63) is 22.6 Å². The van der Waals surface area contributed by atoms with Crippen molar-refractivity contribution in [3.8, 4) is 17.2 Å². The molecule has 0 atom stereocenters. The summed E-state index contributed by atoms with van der Waals surface area (Å²) < 4.78 is 16.1. The molecule has 2 saturated heterocycles. The second-order valence-electron chi connectivity index (χ2n) is 7.02. The van der Waals surface area contributed by atoms with Gasteiger partial charge in [0, 0.05) is 13.1 Å². The lowest BCUT2D eigenvalue weighted by Crippen LogP contribution is -2.42. The highest BCUT2D eigenvalue weighted by molar-refractivity contribution is 8.18. The van der Waals surface area contributed by atoms with Crippen molar-refractivity contribution < 1.29 is 28.6 Å². The molecule has 3 aliphatic rings. The first-order chi connectivity index (χ1) is 14.1. The fourth-order valence-corrected chi connectivity index (χ4v) is 4.41. The van der Waals surface area contributed by atoms with E-state index in [1.54, 1.807) is 23.1 Å². The van der Waals surface area contributed by atoms with Gasteiger partial charge in [0.05, 0.1) is 12.0 Å². The molecule has 0 aliphatic carbocycles. The average molecular weight is 418 g/mol. The number of hydrogen-bond acceptors (Lipinski definition) is 7. The van der Waals surface area contributed by atoms with E-state index in [1.165, 1.54) is 7.11 Å². The Bertz CT molecular complexity index is 876. The molecule has 3 aliphatic heterocycles. The van der Waals surface area contributed by atoms with Crippen LogP contribution in [0.15, 0.2) is 17.0 Å². The van der Waals surface area contributed by atoms with Crippen LogP contribution in [0, 0.1) is 0 Å². The number of rotatable bonds is 4. The monoisotopic (exact) mass is 418 g/mol. The molecule has 0 aromatic heterocycles. The lowest BCUT2D eigenvalue weighted by Gasteiger charge is -2.22. The van der Waals surface area contributed by atoms with Crippen LogP contribution in [0.1, 0.15) is 31.2 Å². The van der Waals surface area contributed by atoms with E-state index in [0.717, 1.165) is 42.3 Å². The van der Waals surface area contributed by atoms with E-state index in [2.05, 4.69) is 0 Å². The first-order valence-corrected chi connectivity index (χ1v) is 10.4. The second-order valence-corrected chi connectivity index (χ2v) is 8.01. The van der Waals surface area contributed by atoms with E-state index < -0.39 is 11.1 Å². The molecule has 1 aromatic carbocycles. The van der Waals surface area contributed by atoms with E-state index in [1.807, 2.05) is 0 Å². The summed E-state index contributed by atoms with van der Waals surface area (Å²) in [5.74, 6) is 0.883. The minimum atomic E-state index is -0.459. The number of amides is 3. The molecular formula is C20H22N2O6S. The van der Waals surface area contributed by atoms with Crippen molar-refractivity contribution in [2.24, 2.45) is 0 Å². The van der Waals surface area contributed by atoms with Gasteiger partial charge in [-0.2, -0.15) is 0 Å². The van der Waals surface area contributed by atoms with Crippen molar-refractivity contribution in [1.82, 2.24) is 9.80 Å². The number of benzene rings is 1. The zero-order valence-electron chi connectivity index (χ0n) is 16.1. The fourth-order valence-electron chi connectivity index (χ4n) is 3.58. The molecule has 29 heavy (non-hydrogen) atoms. The summed E-state index contributed by atoms with van der Waals surface area (Å²) in [6.45, 7) is 1.25. The number of fused-ring (bicyclic) bond motifs is 1. The number of ether oxygens (including phenoxy) is 3. The third-order valence-corrected chi connectivity index (χ3v) is 6.01. The topological polar surface area (TPSA) is 85.4 Å². The Balaban J connectivity index is 1.50. The summed E-state index contributed by atoms with van der Waals surface area (Å²) >= 11 is 0.831. The van der Waals surface area contributed by atoms with Gasteiger partial charge in [0.2, 0.25) is 18.4 Å². The van der Waals surface area contributed by atoms with E-state index in [0.29, 0.717) is 35.9 Å². The van der Waals surface area contributed by atoms with E-state index in [-0.39, 0.29) is 24.2 Å². The highest BCUT2D eigenvalue weighted by Crippen LogP contribution is 2.43. The van der Waals surface area contributed by atoms with Gasteiger partial charge in [-0.25, -0.2) is 0 Å². The number of carbonyl (C=O) groups excluding carboxylic acids is 3. The molecular weight excluding hydrogens is 396 g/mol. The molecule has 0 saturated carbocycles. The van der Waals surface area contributed by atoms with Gasteiger partial charge in [-0.1, -0.05) is 12.8 Å². The van der Waals surface area contributed by atoms with Crippen molar-refractivity contribution in [1.29, 1.82) is 0 Å². The van der Waals surface area contributed by atoms with Crippen molar-refractivity contribution in [3.63, 3.8) is 0 Å². The zero-order chi connectivity index (χ0) is 20.4. The van der Waals surface area contributed by atoms with Gasteiger partial charge in [-0.05, 0) is 48.4 Å². The number of methoxy groups -OCH3 is 1. The second kappa shape index (κ2) is 8.36. The summed E-state index contributed by atoms with van der Waals surface area (Å²) in [6, 6.07) is 3.44. The van der Waals surface area contributed by atoms with Crippen LogP contribution in [0.4, 0.5) is 4.79 Å². The molecule has 4 rings (SSSR count). The van der Waals surface area contributed by atoms with Crippen LogP contribution < -0.4 is 14.2 Å². The minimum Gasteiger partial charge on any atom is -0.493 e. The number of imide groups is 1. The lowest BCUT2D eigenvalue weighted by molar-refractivity contribution is -0.135. The molecule has 3 amide bonds. The molecule has 0 bridgehead atoms.